The Morgan fingerprint density at radius 3 is 3.05 bits per heavy atom. The van der Waals surface area contributed by atoms with E-state index in [0.29, 0.717) is 23.0 Å². The molecule has 0 bridgehead atoms. The van der Waals surface area contributed by atoms with Gasteiger partial charge in [0.1, 0.15) is 11.6 Å². The number of carboxylic acids is 1. The van der Waals surface area contributed by atoms with Crippen LogP contribution in [0.4, 0.5) is 15.2 Å². The molecule has 1 aromatic carbocycles. The average molecular weight is 296 g/mol. The molecular weight excluding hydrogens is 283 g/mol. The lowest BCUT2D eigenvalue weighted by atomic mass is 10.2. The number of hydrogen-bond acceptors (Lipinski definition) is 5. The SMILES string of the molecule is COc1ccc(F)c(Nc2nc(CCC(=O)O)cs2)c1. The summed E-state index contributed by atoms with van der Waals surface area (Å²) in [7, 11) is 1.50. The van der Waals surface area contributed by atoms with Crippen LogP contribution in [0.3, 0.4) is 0 Å². The number of thiazole rings is 1. The first-order chi connectivity index (χ1) is 9.58. The molecule has 0 spiro atoms. The van der Waals surface area contributed by atoms with Crippen LogP contribution in [-0.4, -0.2) is 23.2 Å². The van der Waals surface area contributed by atoms with Gasteiger partial charge >= 0.3 is 5.97 Å². The van der Waals surface area contributed by atoms with Gasteiger partial charge in [-0.2, -0.15) is 0 Å². The second-order valence-corrected chi connectivity index (χ2v) is 4.87. The zero-order chi connectivity index (χ0) is 14.5. The van der Waals surface area contributed by atoms with E-state index < -0.39 is 11.8 Å². The van der Waals surface area contributed by atoms with Crippen molar-refractivity contribution in [3.05, 3.63) is 35.1 Å². The monoisotopic (exact) mass is 296 g/mol. The van der Waals surface area contributed by atoms with E-state index in [-0.39, 0.29) is 12.1 Å². The number of anilines is 2. The number of rotatable bonds is 6. The van der Waals surface area contributed by atoms with E-state index in [4.69, 9.17) is 9.84 Å². The van der Waals surface area contributed by atoms with Crippen molar-refractivity contribution in [2.45, 2.75) is 12.8 Å². The van der Waals surface area contributed by atoms with E-state index in [1.54, 1.807) is 5.38 Å². The lowest BCUT2D eigenvalue weighted by Gasteiger charge is -2.06. The van der Waals surface area contributed by atoms with Crippen molar-refractivity contribution in [2.24, 2.45) is 0 Å². The van der Waals surface area contributed by atoms with Gasteiger partial charge in [0.2, 0.25) is 0 Å². The Balaban J connectivity index is 2.08. The molecule has 0 aliphatic carbocycles. The molecule has 0 saturated heterocycles. The van der Waals surface area contributed by atoms with Crippen LogP contribution in [0.1, 0.15) is 12.1 Å². The highest BCUT2D eigenvalue weighted by Crippen LogP contribution is 2.26. The maximum atomic E-state index is 13.6. The summed E-state index contributed by atoms with van der Waals surface area (Å²) in [5.41, 5.74) is 0.937. The smallest absolute Gasteiger partial charge is 0.303 e. The second-order valence-electron chi connectivity index (χ2n) is 4.01. The number of methoxy groups -OCH3 is 1. The minimum atomic E-state index is -0.869. The fourth-order valence-corrected chi connectivity index (χ4v) is 2.31. The van der Waals surface area contributed by atoms with Crippen molar-refractivity contribution >= 4 is 28.1 Å². The summed E-state index contributed by atoms with van der Waals surface area (Å²) in [5.74, 6) is -0.740. The van der Waals surface area contributed by atoms with Crippen molar-refractivity contribution in [1.29, 1.82) is 0 Å². The molecule has 1 heterocycles. The van der Waals surface area contributed by atoms with Gasteiger partial charge in [0.05, 0.1) is 24.9 Å². The van der Waals surface area contributed by atoms with Crippen LogP contribution in [0.5, 0.6) is 5.75 Å². The van der Waals surface area contributed by atoms with Crippen LogP contribution in [-0.2, 0) is 11.2 Å². The number of aliphatic carboxylic acids is 1. The predicted molar refractivity (Wildman–Crippen MR) is 74.3 cm³/mol. The van der Waals surface area contributed by atoms with Crippen molar-refractivity contribution < 1.29 is 19.0 Å². The Labute approximate surface area is 119 Å². The van der Waals surface area contributed by atoms with Crippen LogP contribution in [0.25, 0.3) is 0 Å². The number of benzene rings is 1. The number of nitrogens with one attached hydrogen (secondary N) is 1. The summed E-state index contributed by atoms with van der Waals surface area (Å²) in [5, 5.41) is 13.7. The number of carboxylic acid groups (broad SMARTS) is 1. The molecule has 0 aliphatic heterocycles. The zero-order valence-corrected chi connectivity index (χ0v) is 11.5. The maximum Gasteiger partial charge on any atom is 0.303 e. The first-order valence-electron chi connectivity index (χ1n) is 5.85. The summed E-state index contributed by atoms with van der Waals surface area (Å²) in [4.78, 5) is 14.7. The molecule has 5 nitrogen and oxygen atoms in total. The Morgan fingerprint density at radius 2 is 2.35 bits per heavy atom. The number of nitrogens with zero attached hydrogens (tertiary/aromatic N) is 1. The highest BCUT2D eigenvalue weighted by molar-refractivity contribution is 7.13. The average Bonchev–Trinajstić information content (AvgIpc) is 2.86. The van der Waals surface area contributed by atoms with E-state index in [9.17, 15) is 9.18 Å². The third kappa shape index (κ3) is 3.67. The standard InChI is InChI=1S/C13H13FN2O3S/c1-19-9-3-4-10(14)11(6-9)16-13-15-8(7-20-13)2-5-12(17)18/h3-4,6-7H,2,5H2,1H3,(H,15,16)(H,17,18). The minimum Gasteiger partial charge on any atom is -0.497 e. The highest BCUT2D eigenvalue weighted by Gasteiger charge is 2.08. The van der Waals surface area contributed by atoms with Crippen molar-refractivity contribution in [3.63, 3.8) is 0 Å². The Morgan fingerprint density at radius 1 is 1.55 bits per heavy atom. The molecule has 0 saturated carbocycles. The lowest BCUT2D eigenvalue weighted by Crippen LogP contribution is -1.98. The molecule has 2 aromatic rings. The molecule has 7 heteroatoms. The molecule has 0 fully saturated rings. The fourth-order valence-electron chi connectivity index (χ4n) is 1.56. The molecule has 0 amide bonds. The number of carbonyl (C=O) groups is 1. The van der Waals surface area contributed by atoms with E-state index in [1.807, 2.05) is 0 Å². The predicted octanol–water partition coefficient (Wildman–Crippen LogP) is 3.05. The Bertz CT molecular complexity index is 615. The van der Waals surface area contributed by atoms with Crippen molar-refractivity contribution in [3.8, 4) is 5.75 Å². The Hall–Kier alpha value is -2.15. The number of halogens is 1. The molecule has 0 aliphatic rings. The van der Waals surface area contributed by atoms with Crippen LogP contribution >= 0.6 is 11.3 Å². The Kier molecular flexibility index (Phi) is 4.52. The van der Waals surface area contributed by atoms with Gasteiger partial charge in [-0.25, -0.2) is 9.37 Å². The zero-order valence-electron chi connectivity index (χ0n) is 10.7. The highest BCUT2D eigenvalue weighted by atomic mass is 32.1. The number of aromatic nitrogens is 1. The molecule has 2 N–H and O–H groups in total. The van der Waals surface area contributed by atoms with Crippen molar-refractivity contribution in [1.82, 2.24) is 4.98 Å². The van der Waals surface area contributed by atoms with E-state index in [0.717, 1.165) is 0 Å². The summed E-state index contributed by atoms with van der Waals surface area (Å²) in [6.07, 6.45) is 0.380. The van der Waals surface area contributed by atoms with Gasteiger partial charge in [0.25, 0.3) is 0 Å². The first-order valence-corrected chi connectivity index (χ1v) is 6.73. The van der Waals surface area contributed by atoms with Crippen LogP contribution in [0, 0.1) is 5.82 Å². The van der Waals surface area contributed by atoms with Crippen LogP contribution in [0.2, 0.25) is 0 Å². The van der Waals surface area contributed by atoms with Gasteiger partial charge in [-0.1, -0.05) is 0 Å². The summed E-state index contributed by atoms with van der Waals surface area (Å²) < 4.78 is 18.7. The van der Waals surface area contributed by atoms with Gasteiger partial charge in [0.15, 0.2) is 5.13 Å². The van der Waals surface area contributed by atoms with Crippen molar-refractivity contribution in [2.75, 3.05) is 12.4 Å². The summed E-state index contributed by atoms with van der Waals surface area (Å²) in [6.45, 7) is 0. The normalized spacial score (nSPS) is 10.3. The first kappa shape index (κ1) is 14.3. The third-order valence-corrected chi connectivity index (χ3v) is 3.37. The fraction of sp³-hybridized carbons (Fsp3) is 0.231. The number of aryl methyl sites for hydroxylation is 1. The summed E-state index contributed by atoms with van der Waals surface area (Å²) >= 11 is 1.30. The molecule has 0 unspecified atom stereocenters. The maximum absolute atomic E-state index is 13.6. The van der Waals surface area contributed by atoms with Crippen LogP contribution < -0.4 is 10.1 Å². The van der Waals surface area contributed by atoms with Gasteiger partial charge < -0.3 is 15.2 Å². The van der Waals surface area contributed by atoms with E-state index in [1.165, 1.54) is 36.6 Å². The molecule has 1 aromatic heterocycles. The molecular formula is C13H13FN2O3S. The molecule has 2 rings (SSSR count). The lowest BCUT2D eigenvalue weighted by molar-refractivity contribution is -0.136. The van der Waals surface area contributed by atoms with Gasteiger partial charge in [0, 0.05) is 17.9 Å². The number of hydrogen-bond donors (Lipinski definition) is 2. The van der Waals surface area contributed by atoms with Crippen LogP contribution in [0.15, 0.2) is 23.6 Å². The van der Waals surface area contributed by atoms with Gasteiger partial charge in [-0.05, 0) is 12.1 Å². The molecule has 0 atom stereocenters. The molecule has 0 radical (unpaired) electrons. The number of ether oxygens (including phenoxy) is 1. The largest absolute Gasteiger partial charge is 0.497 e. The van der Waals surface area contributed by atoms with Gasteiger partial charge in [-0.15, -0.1) is 11.3 Å². The quantitative estimate of drug-likeness (QED) is 0.857. The molecule has 106 valence electrons. The minimum absolute atomic E-state index is 0.0245. The summed E-state index contributed by atoms with van der Waals surface area (Å²) in [6, 6.07) is 4.37. The second kappa shape index (κ2) is 6.33. The molecule has 20 heavy (non-hydrogen) atoms. The van der Waals surface area contributed by atoms with E-state index >= 15 is 0 Å². The topological polar surface area (TPSA) is 71.5 Å². The van der Waals surface area contributed by atoms with Gasteiger partial charge in [-0.3, -0.25) is 4.79 Å². The third-order valence-electron chi connectivity index (χ3n) is 2.56. The van der Waals surface area contributed by atoms with E-state index in [2.05, 4.69) is 10.3 Å².